The number of ether oxygens (including phenoxy) is 2. The third-order valence-corrected chi connectivity index (χ3v) is 10.1. The molecular weight excluding hydrogens is 549 g/mol. The van der Waals surface area contributed by atoms with Crippen LogP contribution in [-0.2, 0) is 34.3 Å². The number of phosphoric acid groups is 1. The standard InChI is InChI=1S/C34H60NO6P/c1-5-6-7-8-9-10-11-12-13-14-15-16-17-21-27-37-30(2)33(38-29-31-23-19-18-20-24-31)34(3,4)40-42(36)39-32-25-22-26-35(28-32)41-42/h18-20,23-24,30,32-33H,5-17,21-22,25-29H2,1-4H3. The van der Waals surface area contributed by atoms with Crippen LogP contribution in [0, 0.1) is 0 Å². The molecule has 8 heteroatoms. The monoisotopic (exact) mass is 609 g/mol. The predicted octanol–water partition coefficient (Wildman–Crippen LogP) is 9.79. The lowest BCUT2D eigenvalue weighted by atomic mass is 9.97. The lowest BCUT2D eigenvalue weighted by Crippen LogP contribution is -2.50. The number of unbranched alkanes of at least 4 members (excludes halogenated alkanes) is 13. The van der Waals surface area contributed by atoms with Crippen LogP contribution in [0.15, 0.2) is 30.3 Å². The van der Waals surface area contributed by atoms with E-state index in [1.54, 1.807) is 5.06 Å². The first-order chi connectivity index (χ1) is 20.3. The van der Waals surface area contributed by atoms with Crippen LogP contribution in [0.4, 0.5) is 0 Å². The molecular formula is C34H60NO6P. The fraction of sp³-hybridized carbons (Fsp3) is 0.824. The third kappa shape index (κ3) is 13.5. The summed E-state index contributed by atoms with van der Waals surface area (Å²) >= 11 is 0. The highest BCUT2D eigenvalue weighted by molar-refractivity contribution is 7.48. The first-order valence-corrected chi connectivity index (χ1v) is 18.5. The fourth-order valence-electron chi connectivity index (χ4n) is 6.10. The van der Waals surface area contributed by atoms with Gasteiger partial charge in [0.2, 0.25) is 0 Å². The topological polar surface area (TPSA) is 66.5 Å². The molecule has 0 aliphatic carbocycles. The van der Waals surface area contributed by atoms with Crippen LogP contribution in [0.1, 0.15) is 136 Å². The molecule has 2 fully saturated rings. The SMILES string of the molecule is CCCCCCCCCCCCCCCCOC(C)C(OCc1ccccc1)C(C)(C)OP1(=O)OC2CCCN(C2)O1. The zero-order valence-electron chi connectivity index (χ0n) is 27.1. The van der Waals surface area contributed by atoms with E-state index < -0.39 is 19.5 Å². The second-order valence-electron chi connectivity index (χ2n) is 12.9. The van der Waals surface area contributed by atoms with Gasteiger partial charge >= 0.3 is 7.82 Å². The molecule has 5 unspecified atom stereocenters. The predicted molar refractivity (Wildman–Crippen MR) is 170 cm³/mol. The van der Waals surface area contributed by atoms with Crippen molar-refractivity contribution in [2.24, 2.45) is 0 Å². The summed E-state index contributed by atoms with van der Waals surface area (Å²) in [6.45, 7) is 10.5. The Bertz CT molecular complexity index is 868. The molecule has 0 aromatic heterocycles. The molecule has 42 heavy (non-hydrogen) atoms. The van der Waals surface area contributed by atoms with Gasteiger partial charge in [-0.2, -0.15) is 9.69 Å². The van der Waals surface area contributed by atoms with Gasteiger partial charge in [-0.1, -0.05) is 121 Å². The highest BCUT2D eigenvalue weighted by atomic mass is 31.2. The van der Waals surface area contributed by atoms with Crippen LogP contribution in [0.25, 0.3) is 0 Å². The van der Waals surface area contributed by atoms with Gasteiger partial charge in [0.25, 0.3) is 0 Å². The molecule has 2 aliphatic heterocycles. The molecule has 1 aromatic carbocycles. The maximum Gasteiger partial charge on any atom is 0.492 e. The Morgan fingerprint density at radius 1 is 0.905 bits per heavy atom. The van der Waals surface area contributed by atoms with Crippen molar-refractivity contribution in [3.63, 3.8) is 0 Å². The van der Waals surface area contributed by atoms with Crippen LogP contribution in [0.5, 0.6) is 0 Å². The van der Waals surface area contributed by atoms with Crippen molar-refractivity contribution >= 4 is 7.82 Å². The summed E-state index contributed by atoms with van der Waals surface area (Å²) in [5, 5.41) is 1.73. The largest absolute Gasteiger partial charge is 0.492 e. The fourth-order valence-corrected chi connectivity index (χ4v) is 7.87. The number of fused-ring (bicyclic) bond motifs is 2. The molecule has 0 saturated carbocycles. The number of benzene rings is 1. The van der Waals surface area contributed by atoms with Crippen LogP contribution in [0.2, 0.25) is 0 Å². The number of phosphoric ester groups is 1. The Morgan fingerprint density at radius 3 is 2.10 bits per heavy atom. The Labute approximate surface area is 256 Å². The van der Waals surface area contributed by atoms with E-state index in [-0.39, 0.29) is 12.2 Å². The second-order valence-corrected chi connectivity index (χ2v) is 14.3. The van der Waals surface area contributed by atoms with Gasteiger partial charge in [-0.15, -0.1) is 0 Å². The highest BCUT2D eigenvalue weighted by Gasteiger charge is 2.49. The molecule has 3 rings (SSSR count). The van der Waals surface area contributed by atoms with Crippen molar-refractivity contribution in [2.75, 3.05) is 19.7 Å². The van der Waals surface area contributed by atoms with Crippen LogP contribution < -0.4 is 0 Å². The summed E-state index contributed by atoms with van der Waals surface area (Å²) in [7, 11) is -3.77. The van der Waals surface area contributed by atoms with Crippen molar-refractivity contribution in [1.82, 2.24) is 5.06 Å². The highest BCUT2D eigenvalue weighted by Crippen LogP contribution is 2.58. The molecule has 0 spiro atoms. The van der Waals surface area contributed by atoms with Gasteiger partial charge in [-0.05, 0) is 45.6 Å². The van der Waals surface area contributed by atoms with Crippen molar-refractivity contribution in [3.8, 4) is 0 Å². The number of hydrogen-bond acceptors (Lipinski definition) is 7. The first-order valence-electron chi connectivity index (χ1n) is 17.0. The zero-order chi connectivity index (χ0) is 30.1. The van der Waals surface area contributed by atoms with Crippen LogP contribution in [-0.4, -0.2) is 48.7 Å². The Morgan fingerprint density at radius 2 is 1.50 bits per heavy atom. The minimum absolute atomic E-state index is 0.133. The van der Waals surface area contributed by atoms with Gasteiger partial charge in [0.15, 0.2) is 0 Å². The zero-order valence-corrected chi connectivity index (χ0v) is 28.0. The molecule has 0 amide bonds. The quantitative estimate of drug-likeness (QED) is 0.0904. The molecule has 0 N–H and O–H groups in total. The third-order valence-electron chi connectivity index (χ3n) is 8.44. The second kappa shape index (κ2) is 19.6. The molecule has 2 saturated heterocycles. The van der Waals surface area contributed by atoms with E-state index in [1.807, 2.05) is 51.1 Å². The average Bonchev–Trinajstić information content (AvgIpc) is 2.94. The number of hydroxylamine groups is 2. The number of hydrogen-bond donors (Lipinski definition) is 0. The minimum Gasteiger partial charge on any atom is -0.376 e. The lowest BCUT2D eigenvalue weighted by Gasteiger charge is -2.43. The lowest BCUT2D eigenvalue weighted by molar-refractivity contribution is -0.197. The van der Waals surface area contributed by atoms with Gasteiger partial charge in [-0.25, -0.2) is 4.57 Å². The Kier molecular flexibility index (Phi) is 16.6. The molecule has 2 heterocycles. The van der Waals surface area contributed by atoms with Crippen molar-refractivity contribution < 1.29 is 27.7 Å². The van der Waals surface area contributed by atoms with E-state index >= 15 is 0 Å². The molecule has 5 atom stereocenters. The van der Waals surface area contributed by atoms with Gasteiger partial charge in [0.05, 0.1) is 25.4 Å². The maximum atomic E-state index is 13.6. The van der Waals surface area contributed by atoms with E-state index in [0.717, 1.165) is 31.4 Å². The summed E-state index contributed by atoms with van der Waals surface area (Å²) in [6.07, 6.45) is 19.6. The van der Waals surface area contributed by atoms with Gasteiger partial charge in [0.1, 0.15) is 11.7 Å². The van der Waals surface area contributed by atoms with Gasteiger partial charge in [-0.3, -0.25) is 9.05 Å². The van der Waals surface area contributed by atoms with Crippen LogP contribution in [0.3, 0.4) is 0 Å². The minimum atomic E-state index is -3.77. The number of piperidine rings is 1. The first kappa shape index (κ1) is 35.7. The molecule has 2 bridgehead atoms. The summed E-state index contributed by atoms with van der Waals surface area (Å²) in [5.41, 5.74) is 0.0985. The van der Waals surface area contributed by atoms with Crippen molar-refractivity contribution in [1.29, 1.82) is 0 Å². The van der Waals surface area contributed by atoms with Crippen molar-refractivity contribution in [3.05, 3.63) is 35.9 Å². The van der Waals surface area contributed by atoms with E-state index in [4.69, 9.17) is 23.1 Å². The van der Waals surface area contributed by atoms with Crippen LogP contribution >= 0.6 is 7.82 Å². The van der Waals surface area contributed by atoms with Gasteiger partial charge < -0.3 is 9.47 Å². The molecule has 1 aromatic rings. The number of nitrogens with zero attached hydrogens (tertiary/aromatic N) is 1. The Balaban J connectivity index is 1.38. The van der Waals surface area contributed by atoms with Gasteiger partial charge in [0, 0.05) is 13.2 Å². The molecule has 7 nitrogen and oxygen atoms in total. The normalized spacial score (nSPS) is 24.0. The van der Waals surface area contributed by atoms with E-state index in [9.17, 15) is 4.57 Å². The smallest absolute Gasteiger partial charge is 0.376 e. The average molecular weight is 610 g/mol. The molecule has 2 aliphatic rings. The van der Waals surface area contributed by atoms with Crippen molar-refractivity contribution in [2.45, 2.75) is 161 Å². The summed E-state index contributed by atoms with van der Waals surface area (Å²) < 4.78 is 44.0. The summed E-state index contributed by atoms with van der Waals surface area (Å²) in [5.74, 6) is 0. The summed E-state index contributed by atoms with van der Waals surface area (Å²) in [4.78, 5) is 0. The Hall–Kier alpha value is -0.790. The van der Waals surface area contributed by atoms with E-state index in [1.165, 1.54) is 83.5 Å². The van der Waals surface area contributed by atoms with E-state index in [0.29, 0.717) is 19.8 Å². The van der Waals surface area contributed by atoms with E-state index in [2.05, 4.69) is 6.92 Å². The summed E-state index contributed by atoms with van der Waals surface area (Å²) in [6, 6.07) is 10.1. The molecule has 0 radical (unpaired) electrons. The number of rotatable bonds is 23. The molecule has 242 valence electrons. The maximum absolute atomic E-state index is 13.6.